The molecule has 8 heteroatoms. The van der Waals surface area contributed by atoms with Gasteiger partial charge in [-0.1, -0.05) is 60.7 Å². The molecule has 0 aliphatic carbocycles. The Kier molecular flexibility index (Phi) is 10.7. The van der Waals surface area contributed by atoms with Crippen molar-refractivity contribution in [3.63, 3.8) is 0 Å². The molecule has 0 spiro atoms. The van der Waals surface area contributed by atoms with Crippen LogP contribution in [0.5, 0.6) is 0 Å². The van der Waals surface area contributed by atoms with Crippen molar-refractivity contribution in [2.45, 2.75) is 47.4 Å². The highest BCUT2D eigenvalue weighted by Gasteiger charge is 2.39. The fraction of sp³-hybridized carbons (Fsp3) is 0.409. The van der Waals surface area contributed by atoms with E-state index in [2.05, 4.69) is 0 Å². The Morgan fingerprint density at radius 3 is 1.73 bits per heavy atom. The second-order valence-corrected chi connectivity index (χ2v) is 9.32. The van der Waals surface area contributed by atoms with Gasteiger partial charge in [0.25, 0.3) is 0 Å². The number of carbonyl (C=O) groups excluding carboxylic acids is 1. The van der Waals surface area contributed by atoms with E-state index in [-0.39, 0.29) is 0 Å². The Morgan fingerprint density at radius 2 is 1.33 bits per heavy atom. The summed E-state index contributed by atoms with van der Waals surface area (Å²) in [6.45, 7) is 0.450. The third kappa shape index (κ3) is 7.94. The van der Waals surface area contributed by atoms with E-state index < -0.39 is 41.6 Å². The predicted octanol–water partition coefficient (Wildman–Crippen LogP) is 2.19. The van der Waals surface area contributed by atoms with Gasteiger partial charge in [-0.3, -0.25) is 4.79 Å². The predicted molar refractivity (Wildman–Crippen MR) is 120 cm³/mol. The average Bonchev–Trinajstić information content (AvgIpc) is 2.77. The largest absolute Gasteiger partial charge is 0.457 e. The second kappa shape index (κ2) is 13.0. The van der Waals surface area contributed by atoms with Gasteiger partial charge in [-0.15, -0.1) is 23.5 Å². The van der Waals surface area contributed by atoms with E-state index >= 15 is 0 Å². The second-order valence-electron chi connectivity index (χ2n) is 6.77. The molecule has 0 aromatic heterocycles. The first-order valence-electron chi connectivity index (χ1n) is 9.55. The minimum atomic E-state index is -1.62. The number of ether oxygens (including phenoxy) is 1. The molecule has 0 aliphatic heterocycles. The molecular formula is C22H28O6S2. The SMILES string of the molecule is CC(=O)O[C@H]([C@@H](O)[C@H](O)CO)[C@H](O)C(SCc1ccccc1)SCc1ccccc1. The number of hydrogen-bond donors (Lipinski definition) is 4. The quantitative estimate of drug-likeness (QED) is 0.287. The lowest BCUT2D eigenvalue weighted by Gasteiger charge is -2.33. The van der Waals surface area contributed by atoms with E-state index in [9.17, 15) is 25.2 Å². The fourth-order valence-electron chi connectivity index (χ4n) is 2.77. The number of benzene rings is 2. The molecule has 2 rings (SSSR count). The first kappa shape index (κ1) is 24.7. The summed E-state index contributed by atoms with van der Waals surface area (Å²) >= 11 is 2.92. The summed E-state index contributed by atoms with van der Waals surface area (Å²) in [5.41, 5.74) is 2.14. The van der Waals surface area contributed by atoms with E-state index in [0.29, 0.717) is 11.5 Å². The molecule has 0 radical (unpaired) electrons. The molecule has 2 aromatic rings. The first-order chi connectivity index (χ1) is 14.4. The molecule has 0 heterocycles. The van der Waals surface area contributed by atoms with E-state index in [1.165, 1.54) is 30.4 Å². The lowest BCUT2D eigenvalue weighted by Crippen LogP contribution is -2.50. The van der Waals surface area contributed by atoms with Gasteiger partial charge >= 0.3 is 5.97 Å². The minimum absolute atomic E-state index is 0.463. The number of aliphatic hydroxyl groups excluding tert-OH is 4. The van der Waals surface area contributed by atoms with Crippen molar-refractivity contribution in [1.29, 1.82) is 0 Å². The zero-order valence-corrected chi connectivity index (χ0v) is 18.3. The summed E-state index contributed by atoms with van der Waals surface area (Å²) in [6.07, 6.45) is -5.80. The topological polar surface area (TPSA) is 107 Å². The number of rotatable bonds is 12. The van der Waals surface area contributed by atoms with Gasteiger partial charge in [0.05, 0.1) is 11.2 Å². The Morgan fingerprint density at radius 1 is 0.867 bits per heavy atom. The molecular weight excluding hydrogens is 424 g/mol. The molecule has 164 valence electrons. The number of aliphatic hydroxyl groups is 4. The molecule has 4 N–H and O–H groups in total. The van der Waals surface area contributed by atoms with Gasteiger partial charge in [-0.25, -0.2) is 0 Å². The standard InChI is InChI=1S/C22H28O6S2/c1-15(24)28-21(19(26)18(25)12-23)20(27)22(29-13-16-8-4-2-5-9-16)30-14-17-10-6-3-7-11-17/h2-11,18-23,25-27H,12-14H2,1H3/t18-,19+,20+,21-/m1/s1. The summed E-state index contributed by atoms with van der Waals surface area (Å²) in [5, 5.41) is 40.4. The highest BCUT2D eigenvalue weighted by Crippen LogP contribution is 2.34. The summed E-state index contributed by atoms with van der Waals surface area (Å²) in [5.74, 6) is 0.522. The highest BCUT2D eigenvalue weighted by molar-refractivity contribution is 8.16. The number of esters is 1. The van der Waals surface area contributed by atoms with Crippen LogP contribution < -0.4 is 0 Å². The number of carbonyl (C=O) groups is 1. The Balaban J connectivity index is 2.17. The maximum Gasteiger partial charge on any atom is 0.303 e. The third-order valence-electron chi connectivity index (χ3n) is 4.35. The molecule has 30 heavy (non-hydrogen) atoms. The maximum absolute atomic E-state index is 11.6. The van der Waals surface area contributed by atoms with Gasteiger partial charge in [-0.05, 0) is 11.1 Å². The van der Waals surface area contributed by atoms with Crippen LogP contribution in [0, 0.1) is 0 Å². The Labute approximate surface area is 185 Å². The van der Waals surface area contributed by atoms with Crippen LogP contribution in [-0.2, 0) is 21.0 Å². The Bertz CT molecular complexity index is 702. The number of hydrogen-bond acceptors (Lipinski definition) is 8. The van der Waals surface area contributed by atoms with Crippen LogP contribution in [0.25, 0.3) is 0 Å². The molecule has 6 nitrogen and oxygen atoms in total. The van der Waals surface area contributed by atoms with Gasteiger partial charge < -0.3 is 25.2 Å². The van der Waals surface area contributed by atoms with Crippen molar-refractivity contribution in [2.75, 3.05) is 6.61 Å². The minimum Gasteiger partial charge on any atom is -0.457 e. The first-order valence-corrected chi connectivity index (χ1v) is 11.7. The summed E-state index contributed by atoms with van der Waals surface area (Å²) in [6, 6.07) is 19.5. The third-order valence-corrected chi connectivity index (χ3v) is 7.38. The van der Waals surface area contributed by atoms with Gasteiger partial charge in [-0.2, -0.15) is 0 Å². The van der Waals surface area contributed by atoms with Crippen LogP contribution in [0.2, 0.25) is 0 Å². The van der Waals surface area contributed by atoms with Crippen molar-refractivity contribution in [3.8, 4) is 0 Å². The van der Waals surface area contributed by atoms with E-state index in [1.54, 1.807) is 0 Å². The smallest absolute Gasteiger partial charge is 0.303 e. The van der Waals surface area contributed by atoms with Crippen LogP contribution in [0.4, 0.5) is 0 Å². The van der Waals surface area contributed by atoms with Crippen LogP contribution in [0.1, 0.15) is 18.1 Å². The molecule has 4 atom stereocenters. The lowest BCUT2D eigenvalue weighted by molar-refractivity contribution is -0.170. The van der Waals surface area contributed by atoms with Crippen molar-refractivity contribution >= 4 is 29.5 Å². The summed E-state index contributed by atoms with van der Waals surface area (Å²) in [4.78, 5) is 11.6. The van der Waals surface area contributed by atoms with Gasteiger partial charge in [0.15, 0.2) is 6.10 Å². The average molecular weight is 453 g/mol. The maximum atomic E-state index is 11.6. The van der Waals surface area contributed by atoms with E-state index in [1.807, 2.05) is 60.7 Å². The van der Waals surface area contributed by atoms with E-state index in [0.717, 1.165) is 11.1 Å². The van der Waals surface area contributed by atoms with Crippen LogP contribution in [0.15, 0.2) is 60.7 Å². The van der Waals surface area contributed by atoms with Crippen LogP contribution >= 0.6 is 23.5 Å². The summed E-state index contributed by atoms with van der Waals surface area (Å²) < 4.78 is 4.68. The van der Waals surface area contributed by atoms with Gasteiger partial charge in [0.1, 0.15) is 18.3 Å². The molecule has 0 unspecified atom stereocenters. The van der Waals surface area contributed by atoms with Crippen LogP contribution in [-0.4, -0.2) is 62.0 Å². The summed E-state index contributed by atoms with van der Waals surface area (Å²) in [7, 11) is 0. The van der Waals surface area contributed by atoms with Crippen molar-refractivity contribution < 1.29 is 30.0 Å². The Hall–Kier alpha value is -1.55. The zero-order valence-electron chi connectivity index (χ0n) is 16.7. The van der Waals surface area contributed by atoms with Crippen molar-refractivity contribution in [2.24, 2.45) is 0 Å². The molecule has 0 fully saturated rings. The lowest BCUT2D eigenvalue weighted by atomic mass is 10.0. The van der Waals surface area contributed by atoms with Crippen LogP contribution in [0.3, 0.4) is 0 Å². The number of thioether (sulfide) groups is 2. The van der Waals surface area contributed by atoms with Crippen molar-refractivity contribution in [1.82, 2.24) is 0 Å². The van der Waals surface area contributed by atoms with Crippen molar-refractivity contribution in [3.05, 3.63) is 71.8 Å². The van der Waals surface area contributed by atoms with E-state index in [4.69, 9.17) is 4.74 Å². The molecule has 0 saturated carbocycles. The van der Waals surface area contributed by atoms with Gasteiger partial charge in [0, 0.05) is 18.4 Å². The molecule has 0 saturated heterocycles. The molecule has 0 amide bonds. The molecule has 0 bridgehead atoms. The highest BCUT2D eigenvalue weighted by atomic mass is 32.2. The zero-order chi connectivity index (χ0) is 21.9. The molecule has 0 aliphatic rings. The fourth-order valence-corrected chi connectivity index (χ4v) is 5.36. The van der Waals surface area contributed by atoms with Gasteiger partial charge in [0.2, 0.25) is 0 Å². The normalized spacial score (nSPS) is 15.4. The molecule has 2 aromatic carbocycles. The monoisotopic (exact) mass is 452 g/mol.